The van der Waals surface area contributed by atoms with Crippen LogP contribution in [-0.2, 0) is 10.0 Å². The highest BCUT2D eigenvalue weighted by atomic mass is 35.5. The van der Waals surface area contributed by atoms with Crippen molar-refractivity contribution < 1.29 is 8.42 Å². The van der Waals surface area contributed by atoms with E-state index in [1.54, 1.807) is 7.05 Å². The first-order valence-corrected chi connectivity index (χ1v) is 7.95. The van der Waals surface area contributed by atoms with Gasteiger partial charge < -0.3 is 5.73 Å². The summed E-state index contributed by atoms with van der Waals surface area (Å²) in [7, 11) is -1.97. The molecule has 0 aromatic heterocycles. The summed E-state index contributed by atoms with van der Waals surface area (Å²) in [5.41, 5.74) is 6.37. The molecule has 0 fully saturated rings. The van der Waals surface area contributed by atoms with E-state index in [0.29, 0.717) is 24.4 Å². The van der Waals surface area contributed by atoms with Crippen LogP contribution in [-0.4, -0.2) is 32.4 Å². The van der Waals surface area contributed by atoms with E-state index in [1.165, 1.54) is 28.6 Å². The Morgan fingerprint density at radius 1 is 1.29 bits per heavy atom. The van der Waals surface area contributed by atoms with Gasteiger partial charge in [0, 0.05) is 19.6 Å². The highest BCUT2D eigenvalue weighted by Crippen LogP contribution is 2.16. The molecule has 1 aromatic rings. The molecule has 7 heteroatoms. The topological polar surface area (TPSA) is 87.2 Å². The van der Waals surface area contributed by atoms with E-state index in [2.05, 4.69) is 0 Å². The average molecular weight is 332 g/mol. The number of halogens is 1. The molecule has 1 aromatic carbocycles. The van der Waals surface area contributed by atoms with Crippen molar-refractivity contribution in [2.45, 2.75) is 31.2 Å². The monoisotopic (exact) mass is 331 g/mol. The summed E-state index contributed by atoms with van der Waals surface area (Å²) in [4.78, 5) is 0.192. The highest BCUT2D eigenvalue weighted by Gasteiger charge is 2.21. The maximum atomic E-state index is 12.3. The summed E-state index contributed by atoms with van der Waals surface area (Å²) in [5, 5.41) is 8.71. The average Bonchev–Trinajstić information content (AvgIpc) is 2.44. The second-order valence-electron chi connectivity index (χ2n) is 5.16. The van der Waals surface area contributed by atoms with Crippen LogP contribution in [0.2, 0.25) is 0 Å². The number of hydrogen-bond donors (Lipinski definition) is 1. The number of benzene rings is 1. The molecule has 1 atom stereocenters. The predicted octanol–water partition coefficient (Wildman–Crippen LogP) is 1.97. The summed E-state index contributed by atoms with van der Waals surface area (Å²) in [6.07, 6.45) is 0.615. The molecule has 21 heavy (non-hydrogen) atoms. The molecule has 0 amide bonds. The Bertz CT molecular complexity index is 579. The Kier molecular flexibility index (Phi) is 7.90. The van der Waals surface area contributed by atoms with Gasteiger partial charge in [-0.05, 0) is 36.6 Å². The van der Waals surface area contributed by atoms with Gasteiger partial charge >= 0.3 is 0 Å². The van der Waals surface area contributed by atoms with Crippen LogP contribution in [0.5, 0.6) is 0 Å². The Labute approximate surface area is 133 Å². The predicted molar refractivity (Wildman–Crippen MR) is 85.7 cm³/mol. The van der Waals surface area contributed by atoms with Crippen molar-refractivity contribution in [2.24, 2.45) is 11.7 Å². The lowest BCUT2D eigenvalue weighted by Gasteiger charge is -2.21. The van der Waals surface area contributed by atoms with Crippen LogP contribution >= 0.6 is 12.4 Å². The van der Waals surface area contributed by atoms with Crippen molar-refractivity contribution in [1.29, 1.82) is 5.26 Å². The molecule has 0 aliphatic carbocycles. The fraction of sp³-hybridized carbons (Fsp3) is 0.500. The zero-order chi connectivity index (χ0) is 15.3. The molecule has 5 nitrogen and oxygen atoms in total. The van der Waals surface area contributed by atoms with Crippen LogP contribution in [0.4, 0.5) is 0 Å². The summed E-state index contributed by atoms with van der Waals surface area (Å²) >= 11 is 0. The third kappa shape index (κ3) is 5.29. The van der Waals surface area contributed by atoms with Crippen LogP contribution in [0.3, 0.4) is 0 Å². The van der Waals surface area contributed by atoms with Gasteiger partial charge in [-0.3, -0.25) is 0 Å². The largest absolute Gasteiger partial charge is 0.327 e. The van der Waals surface area contributed by atoms with Gasteiger partial charge in [0.1, 0.15) is 0 Å². The van der Waals surface area contributed by atoms with E-state index >= 15 is 0 Å². The van der Waals surface area contributed by atoms with E-state index in [1.807, 2.05) is 19.9 Å². The molecule has 0 radical (unpaired) electrons. The molecular formula is C14H22ClN3O2S. The second-order valence-corrected chi connectivity index (χ2v) is 7.20. The molecule has 0 spiro atoms. The lowest BCUT2D eigenvalue weighted by Crippen LogP contribution is -2.34. The molecule has 0 saturated heterocycles. The van der Waals surface area contributed by atoms with Crippen molar-refractivity contribution in [2.75, 3.05) is 13.6 Å². The fourth-order valence-electron chi connectivity index (χ4n) is 1.67. The van der Waals surface area contributed by atoms with Gasteiger partial charge in [0.25, 0.3) is 0 Å². The first-order chi connectivity index (χ1) is 9.28. The lowest BCUT2D eigenvalue weighted by molar-refractivity contribution is 0.397. The van der Waals surface area contributed by atoms with E-state index in [-0.39, 0.29) is 23.3 Å². The normalized spacial score (nSPS) is 12.8. The number of hydrogen-bond acceptors (Lipinski definition) is 4. The number of nitrogens with zero attached hydrogens (tertiary/aromatic N) is 2. The van der Waals surface area contributed by atoms with Crippen LogP contribution in [0, 0.1) is 17.2 Å². The molecule has 118 valence electrons. The SMILES string of the molecule is CC(C)C(N)CCN(C)S(=O)(=O)c1ccc(C#N)cc1.Cl. The Morgan fingerprint density at radius 3 is 2.24 bits per heavy atom. The molecule has 0 bridgehead atoms. The number of nitrogens with two attached hydrogens (primary N) is 1. The summed E-state index contributed by atoms with van der Waals surface area (Å²) in [6, 6.07) is 7.85. The van der Waals surface area contributed by atoms with Crippen LogP contribution in [0.15, 0.2) is 29.2 Å². The Balaban J connectivity index is 0.00000400. The zero-order valence-corrected chi connectivity index (χ0v) is 14.1. The van der Waals surface area contributed by atoms with Crippen molar-refractivity contribution in [3.8, 4) is 6.07 Å². The van der Waals surface area contributed by atoms with Crippen LogP contribution < -0.4 is 5.73 Å². The van der Waals surface area contributed by atoms with Gasteiger partial charge in [-0.2, -0.15) is 5.26 Å². The molecule has 1 rings (SSSR count). The summed E-state index contributed by atoms with van der Waals surface area (Å²) in [5.74, 6) is 0.320. The summed E-state index contributed by atoms with van der Waals surface area (Å²) < 4.78 is 25.9. The zero-order valence-electron chi connectivity index (χ0n) is 12.5. The van der Waals surface area contributed by atoms with Gasteiger partial charge in [-0.1, -0.05) is 13.8 Å². The van der Waals surface area contributed by atoms with E-state index in [0.717, 1.165) is 0 Å². The standard InChI is InChI=1S/C14H21N3O2S.ClH/c1-11(2)14(16)8-9-17(3)20(18,19)13-6-4-12(10-15)5-7-13;/h4-7,11,14H,8-9,16H2,1-3H3;1H. The van der Waals surface area contributed by atoms with Crippen molar-refractivity contribution in [3.05, 3.63) is 29.8 Å². The molecule has 0 aliphatic heterocycles. The third-order valence-electron chi connectivity index (χ3n) is 3.33. The molecule has 0 aliphatic rings. The van der Waals surface area contributed by atoms with Gasteiger partial charge in [0.15, 0.2) is 0 Å². The minimum atomic E-state index is -3.52. The third-order valence-corrected chi connectivity index (χ3v) is 5.20. The fourth-order valence-corrected chi connectivity index (χ4v) is 2.85. The summed E-state index contributed by atoms with van der Waals surface area (Å²) in [6.45, 7) is 4.40. The maximum absolute atomic E-state index is 12.3. The van der Waals surface area contributed by atoms with Crippen LogP contribution in [0.1, 0.15) is 25.8 Å². The molecule has 0 saturated carbocycles. The molecule has 0 heterocycles. The quantitative estimate of drug-likeness (QED) is 0.863. The first-order valence-electron chi connectivity index (χ1n) is 6.51. The van der Waals surface area contributed by atoms with Crippen LogP contribution in [0.25, 0.3) is 0 Å². The van der Waals surface area contributed by atoms with Gasteiger partial charge in [0.2, 0.25) is 10.0 Å². The number of nitriles is 1. The first kappa shape index (κ1) is 19.9. The second kappa shape index (κ2) is 8.35. The highest BCUT2D eigenvalue weighted by molar-refractivity contribution is 7.89. The molecule has 1 unspecified atom stereocenters. The van der Waals surface area contributed by atoms with Crippen molar-refractivity contribution >= 4 is 22.4 Å². The van der Waals surface area contributed by atoms with Crippen molar-refractivity contribution in [3.63, 3.8) is 0 Å². The minimum Gasteiger partial charge on any atom is -0.327 e. The Hall–Kier alpha value is -1.13. The lowest BCUT2D eigenvalue weighted by atomic mass is 10.0. The Morgan fingerprint density at radius 2 is 1.81 bits per heavy atom. The van der Waals surface area contributed by atoms with Gasteiger partial charge in [-0.25, -0.2) is 12.7 Å². The molecular weight excluding hydrogens is 310 g/mol. The van der Waals surface area contributed by atoms with E-state index < -0.39 is 10.0 Å². The van der Waals surface area contributed by atoms with E-state index in [4.69, 9.17) is 11.0 Å². The molecule has 2 N–H and O–H groups in total. The maximum Gasteiger partial charge on any atom is 0.242 e. The number of rotatable bonds is 6. The van der Waals surface area contributed by atoms with Crippen molar-refractivity contribution in [1.82, 2.24) is 4.31 Å². The van der Waals surface area contributed by atoms with E-state index in [9.17, 15) is 8.42 Å². The van der Waals surface area contributed by atoms with Gasteiger partial charge in [0.05, 0.1) is 16.5 Å². The minimum absolute atomic E-state index is 0. The van der Waals surface area contributed by atoms with Gasteiger partial charge in [-0.15, -0.1) is 12.4 Å². The number of sulfonamides is 1. The smallest absolute Gasteiger partial charge is 0.242 e.